The number of pyridine rings is 2. The molecule has 3 aromatic heterocycles. The fourth-order valence-electron chi connectivity index (χ4n) is 6.86. The van der Waals surface area contributed by atoms with Gasteiger partial charge in [0.15, 0.2) is 0 Å². The number of benzene rings is 5. The highest BCUT2D eigenvalue weighted by Crippen LogP contribution is 2.39. The van der Waals surface area contributed by atoms with E-state index >= 15 is 0 Å². The van der Waals surface area contributed by atoms with Crippen LogP contribution in [-0.4, -0.2) is 21.1 Å². The Kier molecular flexibility index (Phi) is 6.50. The van der Waals surface area contributed by atoms with Crippen LogP contribution in [0.1, 0.15) is 5.56 Å². The summed E-state index contributed by atoms with van der Waals surface area (Å²) in [5, 5.41) is 8.14. The van der Waals surface area contributed by atoms with Gasteiger partial charge in [-0.15, -0.1) is 0 Å². The van der Waals surface area contributed by atoms with Crippen molar-refractivity contribution in [2.75, 3.05) is 6.54 Å². The van der Waals surface area contributed by atoms with Gasteiger partial charge < -0.3 is 9.88 Å². The molecule has 0 atom stereocenters. The molecule has 0 spiro atoms. The maximum Gasteiger partial charge on any atom is 0.0717 e. The first-order valence-corrected chi connectivity index (χ1v) is 15.9. The third kappa shape index (κ3) is 4.79. The van der Waals surface area contributed by atoms with Crippen LogP contribution in [0.15, 0.2) is 164 Å². The second kappa shape index (κ2) is 11.3. The summed E-state index contributed by atoms with van der Waals surface area (Å²) >= 11 is 0. The molecule has 8 aromatic rings. The van der Waals surface area contributed by atoms with Crippen molar-refractivity contribution in [1.29, 1.82) is 0 Å². The van der Waals surface area contributed by atoms with Crippen molar-refractivity contribution in [3.63, 3.8) is 0 Å². The first-order chi connectivity index (χ1) is 23.3. The Hall–Kier alpha value is -6.26. The normalized spacial score (nSPS) is 12.8. The predicted octanol–water partition coefficient (Wildman–Crippen LogP) is 10.2. The van der Waals surface area contributed by atoms with E-state index in [1.165, 1.54) is 54.8 Å². The van der Waals surface area contributed by atoms with Crippen molar-refractivity contribution in [3.05, 3.63) is 170 Å². The molecule has 0 bridgehead atoms. The summed E-state index contributed by atoms with van der Waals surface area (Å²) in [6, 6.07) is 45.9. The number of hydrogen-bond donors (Lipinski definition) is 1. The standard InChI is InChI=1S/C43H30N4/c1-2-9-37(10-3-1)47-42-26-33(31-8-6-7-30(23-31)29-18-21-44-22-19-29)13-16-39(42)40-17-14-34-24-32(12-15-38(34)43(40)47)35-25-36(28-45-27-35)41-11-4-5-20-46-41/h1-21,23-28,44H,22H2. The van der Waals surface area contributed by atoms with Crippen molar-refractivity contribution >= 4 is 38.2 Å². The average Bonchev–Trinajstić information content (AvgIpc) is 3.50. The van der Waals surface area contributed by atoms with E-state index in [-0.39, 0.29) is 0 Å². The van der Waals surface area contributed by atoms with Gasteiger partial charge in [0.2, 0.25) is 0 Å². The molecule has 4 heteroatoms. The van der Waals surface area contributed by atoms with Crippen molar-refractivity contribution < 1.29 is 0 Å². The number of allylic oxidation sites excluding steroid dienone is 2. The Bertz CT molecular complexity index is 2510. The minimum atomic E-state index is 0.850. The van der Waals surface area contributed by atoms with E-state index < -0.39 is 0 Å². The number of aromatic nitrogens is 3. The molecule has 0 saturated carbocycles. The van der Waals surface area contributed by atoms with Crippen LogP contribution < -0.4 is 5.32 Å². The number of nitrogens with zero attached hydrogens (tertiary/aromatic N) is 3. The zero-order valence-electron chi connectivity index (χ0n) is 25.6. The van der Waals surface area contributed by atoms with Gasteiger partial charge in [0, 0.05) is 58.1 Å². The van der Waals surface area contributed by atoms with Crippen LogP contribution >= 0.6 is 0 Å². The summed E-state index contributed by atoms with van der Waals surface area (Å²) in [6.45, 7) is 0.850. The average molecular weight is 603 g/mol. The number of nitrogens with one attached hydrogen (secondary N) is 1. The highest BCUT2D eigenvalue weighted by molar-refractivity contribution is 6.19. The second-order valence-electron chi connectivity index (χ2n) is 12.0. The van der Waals surface area contributed by atoms with Gasteiger partial charge in [-0.25, -0.2) is 0 Å². The zero-order valence-corrected chi connectivity index (χ0v) is 25.6. The summed E-state index contributed by atoms with van der Waals surface area (Å²) in [5.41, 5.74) is 12.6. The van der Waals surface area contributed by atoms with Crippen LogP contribution in [0.3, 0.4) is 0 Å². The number of para-hydroxylation sites is 1. The molecule has 1 aliphatic heterocycles. The Morgan fingerprint density at radius 2 is 1.34 bits per heavy atom. The smallest absolute Gasteiger partial charge is 0.0717 e. The number of hydrogen-bond acceptors (Lipinski definition) is 3. The van der Waals surface area contributed by atoms with E-state index in [0.717, 1.165) is 34.6 Å². The highest BCUT2D eigenvalue weighted by Gasteiger charge is 2.17. The van der Waals surface area contributed by atoms with E-state index in [0.29, 0.717) is 0 Å². The molecule has 4 nitrogen and oxygen atoms in total. The molecule has 222 valence electrons. The highest BCUT2D eigenvalue weighted by atomic mass is 15.0. The molecule has 0 aliphatic carbocycles. The van der Waals surface area contributed by atoms with E-state index in [1.54, 1.807) is 0 Å². The quantitative estimate of drug-likeness (QED) is 0.213. The van der Waals surface area contributed by atoms with Gasteiger partial charge in [-0.05, 0) is 94.0 Å². The first kappa shape index (κ1) is 27.1. The van der Waals surface area contributed by atoms with Crippen LogP contribution in [-0.2, 0) is 0 Å². The maximum atomic E-state index is 4.56. The van der Waals surface area contributed by atoms with E-state index in [1.807, 2.05) is 43.0 Å². The van der Waals surface area contributed by atoms with Gasteiger partial charge >= 0.3 is 0 Å². The molecule has 0 radical (unpaired) electrons. The Balaban J connectivity index is 1.22. The second-order valence-corrected chi connectivity index (χ2v) is 12.0. The molecule has 0 amide bonds. The molecule has 1 aliphatic rings. The van der Waals surface area contributed by atoms with Crippen LogP contribution in [0, 0.1) is 0 Å². The number of fused-ring (bicyclic) bond motifs is 5. The number of rotatable bonds is 5. The van der Waals surface area contributed by atoms with Crippen molar-refractivity contribution in [2.24, 2.45) is 0 Å². The monoisotopic (exact) mass is 602 g/mol. The molecule has 0 unspecified atom stereocenters. The summed E-state index contributed by atoms with van der Waals surface area (Å²) in [4.78, 5) is 9.09. The molecule has 1 N–H and O–H groups in total. The zero-order chi connectivity index (χ0) is 31.2. The van der Waals surface area contributed by atoms with Crippen molar-refractivity contribution in [1.82, 2.24) is 19.9 Å². The molecule has 47 heavy (non-hydrogen) atoms. The lowest BCUT2D eigenvalue weighted by molar-refractivity contribution is 0.976. The lowest BCUT2D eigenvalue weighted by atomic mass is 9.97. The lowest BCUT2D eigenvalue weighted by Gasteiger charge is -2.12. The van der Waals surface area contributed by atoms with Gasteiger partial charge in [0.05, 0.1) is 16.7 Å². The maximum absolute atomic E-state index is 4.56. The molecular weight excluding hydrogens is 573 g/mol. The molecule has 4 heterocycles. The van der Waals surface area contributed by atoms with Crippen molar-refractivity contribution in [3.8, 4) is 39.2 Å². The molecule has 5 aromatic carbocycles. The van der Waals surface area contributed by atoms with E-state index in [9.17, 15) is 0 Å². The van der Waals surface area contributed by atoms with E-state index in [2.05, 4.69) is 141 Å². The lowest BCUT2D eigenvalue weighted by Crippen LogP contribution is -2.08. The third-order valence-electron chi connectivity index (χ3n) is 9.14. The molecular formula is C43H30N4. The summed E-state index contributed by atoms with van der Waals surface area (Å²) < 4.78 is 2.43. The topological polar surface area (TPSA) is 42.7 Å². The largest absolute Gasteiger partial charge is 0.387 e. The SMILES string of the molecule is C1=CC(c2cccc(-c3ccc4c5ccc6cc(-c7cncc(-c8ccccn8)c7)ccc6c5n(-c5ccccc5)c4c3)c2)=CCN1. The summed E-state index contributed by atoms with van der Waals surface area (Å²) in [6.07, 6.45) is 12.0. The predicted molar refractivity (Wildman–Crippen MR) is 195 cm³/mol. The van der Waals surface area contributed by atoms with Gasteiger partial charge in [-0.1, -0.05) is 84.9 Å². The minimum absolute atomic E-state index is 0.850. The molecule has 0 fully saturated rings. The van der Waals surface area contributed by atoms with Crippen LogP contribution in [0.25, 0.3) is 77.3 Å². The van der Waals surface area contributed by atoms with E-state index in [4.69, 9.17) is 0 Å². The summed E-state index contributed by atoms with van der Waals surface area (Å²) in [5.74, 6) is 0. The van der Waals surface area contributed by atoms with Crippen LogP contribution in [0.2, 0.25) is 0 Å². The van der Waals surface area contributed by atoms with Crippen LogP contribution in [0.5, 0.6) is 0 Å². The Morgan fingerprint density at radius 3 is 2.19 bits per heavy atom. The van der Waals surface area contributed by atoms with Gasteiger partial charge in [0.25, 0.3) is 0 Å². The van der Waals surface area contributed by atoms with Crippen LogP contribution in [0.4, 0.5) is 0 Å². The van der Waals surface area contributed by atoms with Crippen molar-refractivity contribution in [2.45, 2.75) is 0 Å². The number of dihydropyridines is 1. The fraction of sp³-hybridized carbons (Fsp3) is 0.0233. The van der Waals surface area contributed by atoms with Gasteiger partial charge in [-0.2, -0.15) is 0 Å². The first-order valence-electron chi connectivity index (χ1n) is 15.9. The summed E-state index contributed by atoms with van der Waals surface area (Å²) in [7, 11) is 0. The molecule has 0 saturated heterocycles. The Morgan fingerprint density at radius 1 is 0.574 bits per heavy atom. The third-order valence-corrected chi connectivity index (χ3v) is 9.14. The van der Waals surface area contributed by atoms with Gasteiger partial charge in [0.1, 0.15) is 0 Å². The van der Waals surface area contributed by atoms with Gasteiger partial charge in [-0.3, -0.25) is 9.97 Å². The Labute approximate surface area is 273 Å². The molecule has 9 rings (SSSR count). The minimum Gasteiger partial charge on any atom is -0.387 e. The fourth-order valence-corrected chi connectivity index (χ4v) is 6.86.